The molecule has 27 heavy (non-hydrogen) atoms. The number of hydrogen-bond acceptors (Lipinski definition) is 3. The number of nitrogens with zero attached hydrogens (tertiary/aromatic N) is 1. The van der Waals surface area contributed by atoms with Crippen molar-refractivity contribution in [1.29, 1.82) is 0 Å². The van der Waals surface area contributed by atoms with Crippen molar-refractivity contribution in [1.82, 2.24) is 5.43 Å². The summed E-state index contributed by atoms with van der Waals surface area (Å²) in [5.74, 6) is 0.793. The monoisotopic (exact) mass is 375 g/mol. The van der Waals surface area contributed by atoms with Crippen LogP contribution < -0.4 is 15.5 Å². The molecule has 3 aromatic carbocycles. The summed E-state index contributed by atoms with van der Waals surface area (Å²) in [7, 11) is 0. The van der Waals surface area contributed by atoms with E-state index < -0.39 is 0 Å². The Bertz CT molecular complexity index is 882. The molecule has 0 heterocycles. The van der Waals surface area contributed by atoms with Crippen LogP contribution in [-0.2, 0) is 6.42 Å². The van der Waals surface area contributed by atoms with Gasteiger partial charge in [0.2, 0.25) is 0 Å². The van der Waals surface area contributed by atoms with Crippen LogP contribution in [-0.4, -0.2) is 17.9 Å². The largest absolute Gasteiger partial charge is 0.493 e. The van der Waals surface area contributed by atoms with Crippen LogP contribution in [0.25, 0.3) is 0 Å². The van der Waals surface area contributed by atoms with Crippen LogP contribution in [0.15, 0.2) is 90.0 Å². The summed E-state index contributed by atoms with van der Waals surface area (Å²) in [6, 6.07) is 27.8. The molecule has 5 heteroatoms. The number of para-hydroxylation sites is 2. The van der Waals surface area contributed by atoms with Crippen LogP contribution in [0.5, 0.6) is 5.75 Å². The average molecular weight is 375 g/mol. The number of nitrogens with one attached hydrogen (secondary N) is 2. The Morgan fingerprint density at radius 3 is 2.33 bits per heavy atom. The molecule has 0 saturated heterocycles. The van der Waals surface area contributed by atoms with Gasteiger partial charge in [-0.05, 0) is 42.0 Å². The molecule has 136 valence electrons. The fraction of sp³-hybridized carbons (Fsp3) is 0.0909. The SMILES string of the molecule is S=C(N/N=C\c1ccccc1OCCc1ccccc1)Nc1ccccc1. The van der Waals surface area contributed by atoms with Crippen molar-refractivity contribution in [3.05, 3.63) is 96.1 Å². The highest BCUT2D eigenvalue weighted by Gasteiger charge is 2.01. The maximum atomic E-state index is 5.93. The predicted octanol–water partition coefficient (Wildman–Crippen LogP) is 4.63. The minimum atomic E-state index is 0.430. The second-order valence-electron chi connectivity index (χ2n) is 5.81. The van der Waals surface area contributed by atoms with Crippen molar-refractivity contribution in [3.8, 4) is 5.75 Å². The Morgan fingerprint density at radius 2 is 1.56 bits per heavy atom. The summed E-state index contributed by atoms with van der Waals surface area (Å²) in [5.41, 5.74) is 5.88. The van der Waals surface area contributed by atoms with Gasteiger partial charge in [0.1, 0.15) is 5.75 Å². The van der Waals surface area contributed by atoms with Gasteiger partial charge in [-0.3, -0.25) is 5.43 Å². The van der Waals surface area contributed by atoms with E-state index in [4.69, 9.17) is 17.0 Å². The van der Waals surface area contributed by atoms with Gasteiger partial charge >= 0.3 is 0 Å². The molecule has 0 spiro atoms. The van der Waals surface area contributed by atoms with E-state index in [9.17, 15) is 0 Å². The zero-order chi connectivity index (χ0) is 18.7. The van der Waals surface area contributed by atoms with E-state index in [1.165, 1.54) is 5.56 Å². The molecule has 3 aromatic rings. The quantitative estimate of drug-likeness (QED) is 0.359. The zero-order valence-electron chi connectivity index (χ0n) is 14.8. The Balaban J connectivity index is 1.52. The van der Waals surface area contributed by atoms with E-state index in [0.29, 0.717) is 11.7 Å². The lowest BCUT2D eigenvalue weighted by atomic mass is 10.2. The third-order valence-electron chi connectivity index (χ3n) is 3.81. The Hall–Kier alpha value is -3.18. The molecule has 0 saturated carbocycles. The van der Waals surface area contributed by atoms with Crippen molar-refractivity contribution in [2.24, 2.45) is 5.10 Å². The van der Waals surface area contributed by atoms with Crippen molar-refractivity contribution < 1.29 is 4.74 Å². The van der Waals surface area contributed by atoms with Crippen LogP contribution in [0.4, 0.5) is 5.69 Å². The molecule has 0 fully saturated rings. The highest BCUT2D eigenvalue weighted by Crippen LogP contribution is 2.16. The van der Waals surface area contributed by atoms with Crippen molar-refractivity contribution in [3.63, 3.8) is 0 Å². The molecule has 0 radical (unpaired) electrons. The highest BCUT2D eigenvalue weighted by atomic mass is 32.1. The van der Waals surface area contributed by atoms with Gasteiger partial charge in [0.05, 0.1) is 12.8 Å². The Kier molecular flexibility index (Phi) is 6.95. The first-order valence-electron chi connectivity index (χ1n) is 8.72. The maximum Gasteiger partial charge on any atom is 0.191 e. The van der Waals surface area contributed by atoms with E-state index in [2.05, 4.69) is 28.0 Å². The van der Waals surface area contributed by atoms with Crippen LogP contribution >= 0.6 is 12.2 Å². The van der Waals surface area contributed by atoms with Gasteiger partial charge < -0.3 is 10.1 Å². The van der Waals surface area contributed by atoms with Gasteiger partial charge in [0.15, 0.2) is 5.11 Å². The van der Waals surface area contributed by atoms with Crippen LogP contribution in [0.2, 0.25) is 0 Å². The summed E-state index contributed by atoms with van der Waals surface area (Å²) >= 11 is 5.24. The molecule has 0 bridgehead atoms. The Labute approximate surface area is 164 Å². The molecule has 0 aliphatic rings. The van der Waals surface area contributed by atoms with Crippen LogP contribution in [0.1, 0.15) is 11.1 Å². The summed E-state index contributed by atoms with van der Waals surface area (Å²) in [4.78, 5) is 0. The standard InChI is InChI=1S/C22H21N3OS/c27-22(24-20-12-5-2-6-13-20)25-23-17-19-11-7-8-14-21(19)26-16-15-18-9-3-1-4-10-18/h1-14,17H,15-16H2,(H2,24,25,27)/b23-17-. The molecule has 0 amide bonds. The fourth-order valence-corrected chi connectivity index (χ4v) is 2.65. The topological polar surface area (TPSA) is 45.7 Å². The third kappa shape index (κ3) is 6.24. The first kappa shape index (κ1) is 18.6. The van der Waals surface area contributed by atoms with Gasteiger partial charge in [0, 0.05) is 17.7 Å². The van der Waals surface area contributed by atoms with E-state index in [1.54, 1.807) is 6.21 Å². The molecule has 4 nitrogen and oxygen atoms in total. The van der Waals surface area contributed by atoms with Crippen molar-refractivity contribution >= 4 is 29.2 Å². The minimum Gasteiger partial charge on any atom is -0.493 e. The number of thiocarbonyl (C=S) groups is 1. The van der Waals surface area contributed by atoms with Gasteiger partial charge in [0.25, 0.3) is 0 Å². The molecule has 0 atom stereocenters. The lowest BCUT2D eigenvalue weighted by Gasteiger charge is -2.09. The van der Waals surface area contributed by atoms with E-state index in [-0.39, 0.29) is 0 Å². The summed E-state index contributed by atoms with van der Waals surface area (Å²) in [6.45, 7) is 0.607. The van der Waals surface area contributed by atoms with Gasteiger partial charge in [-0.25, -0.2) is 0 Å². The van der Waals surface area contributed by atoms with E-state index in [1.807, 2.05) is 72.8 Å². The summed E-state index contributed by atoms with van der Waals surface area (Å²) < 4.78 is 5.93. The molecule has 2 N–H and O–H groups in total. The molecular weight excluding hydrogens is 354 g/mol. The number of rotatable bonds is 7. The number of hydrogen-bond donors (Lipinski definition) is 2. The Morgan fingerprint density at radius 1 is 0.889 bits per heavy atom. The van der Waals surface area contributed by atoms with Crippen molar-refractivity contribution in [2.75, 3.05) is 11.9 Å². The predicted molar refractivity (Wildman–Crippen MR) is 115 cm³/mol. The molecule has 0 aliphatic carbocycles. The lowest BCUT2D eigenvalue weighted by Crippen LogP contribution is -2.23. The average Bonchev–Trinajstić information content (AvgIpc) is 2.71. The second-order valence-corrected chi connectivity index (χ2v) is 6.22. The third-order valence-corrected chi connectivity index (χ3v) is 4.00. The molecule has 0 aromatic heterocycles. The van der Waals surface area contributed by atoms with Crippen LogP contribution in [0, 0.1) is 0 Å². The van der Waals surface area contributed by atoms with Gasteiger partial charge in [-0.1, -0.05) is 60.7 Å². The lowest BCUT2D eigenvalue weighted by molar-refractivity contribution is 0.321. The first-order valence-corrected chi connectivity index (χ1v) is 9.13. The van der Waals surface area contributed by atoms with Gasteiger partial charge in [-0.15, -0.1) is 0 Å². The first-order chi connectivity index (χ1) is 13.3. The highest BCUT2D eigenvalue weighted by molar-refractivity contribution is 7.80. The number of anilines is 1. The molecule has 0 unspecified atom stereocenters. The fourth-order valence-electron chi connectivity index (χ4n) is 2.48. The number of hydrazone groups is 1. The molecular formula is C22H21N3OS. The van der Waals surface area contributed by atoms with E-state index in [0.717, 1.165) is 23.4 Å². The van der Waals surface area contributed by atoms with Crippen molar-refractivity contribution in [2.45, 2.75) is 6.42 Å². The zero-order valence-corrected chi connectivity index (χ0v) is 15.7. The summed E-state index contributed by atoms with van der Waals surface area (Å²) in [5, 5.41) is 7.71. The number of ether oxygens (including phenoxy) is 1. The summed E-state index contributed by atoms with van der Waals surface area (Å²) in [6.07, 6.45) is 2.56. The maximum absolute atomic E-state index is 5.93. The smallest absolute Gasteiger partial charge is 0.191 e. The van der Waals surface area contributed by atoms with Gasteiger partial charge in [-0.2, -0.15) is 5.10 Å². The molecule has 0 aliphatic heterocycles. The van der Waals surface area contributed by atoms with Crippen LogP contribution in [0.3, 0.4) is 0 Å². The molecule has 3 rings (SSSR count). The second kappa shape index (κ2) is 10.1. The number of benzene rings is 3. The van der Waals surface area contributed by atoms with E-state index >= 15 is 0 Å². The normalized spacial score (nSPS) is 10.5. The minimum absolute atomic E-state index is 0.430.